The SMILES string of the molecule is CC1CCN(C2CCC(C)(C)C2N)C(C)C1. The molecule has 0 spiro atoms. The Balaban J connectivity index is 2.03. The van der Waals surface area contributed by atoms with Gasteiger partial charge >= 0.3 is 0 Å². The number of likely N-dealkylation sites (tertiary alicyclic amines) is 1. The topological polar surface area (TPSA) is 29.3 Å². The molecule has 2 aliphatic rings. The van der Waals surface area contributed by atoms with Crippen LogP contribution in [0.2, 0.25) is 0 Å². The van der Waals surface area contributed by atoms with Crippen molar-refractivity contribution in [1.82, 2.24) is 4.90 Å². The van der Waals surface area contributed by atoms with Gasteiger partial charge in [0.05, 0.1) is 0 Å². The van der Waals surface area contributed by atoms with Gasteiger partial charge in [-0.2, -0.15) is 0 Å². The summed E-state index contributed by atoms with van der Waals surface area (Å²) in [5.74, 6) is 0.900. The van der Waals surface area contributed by atoms with Gasteiger partial charge in [0, 0.05) is 18.1 Å². The van der Waals surface area contributed by atoms with Gasteiger partial charge in [-0.3, -0.25) is 4.90 Å². The minimum Gasteiger partial charge on any atom is -0.326 e. The fraction of sp³-hybridized carbons (Fsp3) is 1.00. The number of rotatable bonds is 1. The van der Waals surface area contributed by atoms with Crippen LogP contribution in [0.25, 0.3) is 0 Å². The summed E-state index contributed by atoms with van der Waals surface area (Å²) in [6.45, 7) is 10.7. The number of nitrogens with two attached hydrogens (primary N) is 1. The summed E-state index contributed by atoms with van der Waals surface area (Å²) in [5, 5.41) is 0. The minimum absolute atomic E-state index is 0.341. The van der Waals surface area contributed by atoms with E-state index in [0.29, 0.717) is 17.5 Å². The molecular weight excluding hydrogens is 196 g/mol. The Bertz CT molecular complexity index is 249. The van der Waals surface area contributed by atoms with Crippen LogP contribution in [0.1, 0.15) is 53.4 Å². The Kier molecular flexibility index (Phi) is 3.33. The summed E-state index contributed by atoms with van der Waals surface area (Å²) in [6, 6.07) is 1.73. The first kappa shape index (κ1) is 12.4. The van der Waals surface area contributed by atoms with E-state index in [-0.39, 0.29) is 0 Å². The summed E-state index contributed by atoms with van der Waals surface area (Å²) in [7, 11) is 0. The van der Waals surface area contributed by atoms with Crippen LogP contribution >= 0.6 is 0 Å². The summed E-state index contributed by atoms with van der Waals surface area (Å²) < 4.78 is 0. The molecule has 0 aromatic carbocycles. The number of piperidine rings is 1. The molecule has 2 nitrogen and oxygen atoms in total. The van der Waals surface area contributed by atoms with Crippen molar-refractivity contribution < 1.29 is 0 Å². The first-order valence-electron chi connectivity index (χ1n) is 6.93. The Morgan fingerprint density at radius 2 is 1.88 bits per heavy atom. The van der Waals surface area contributed by atoms with Crippen molar-refractivity contribution in [3.05, 3.63) is 0 Å². The number of hydrogen-bond acceptors (Lipinski definition) is 2. The van der Waals surface area contributed by atoms with Gasteiger partial charge < -0.3 is 5.73 Å². The lowest BCUT2D eigenvalue weighted by atomic mass is 9.85. The van der Waals surface area contributed by atoms with Crippen LogP contribution in [0.4, 0.5) is 0 Å². The van der Waals surface area contributed by atoms with Crippen molar-refractivity contribution in [2.24, 2.45) is 17.1 Å². The van der Waals surface area contributed by atoms with Crippen molar-refractivity contribution in [3.63, 3.8) is 0 Å². The van der Waals surface area contributed by atoms with Crippen LogP contribution in [-0.2, 0) is 0 Å². The third kappa shape index (κ3) is 2.14. The van der Waals surface area contributed by atoms with Gasteiger partial charge in [-0.25, -0.2) is 0 Å². The van der Waals surface area contributed by atoms with E-state index in [2.05, 4.69) is 32.6 Å². The van der Waals surface area contributed by atoms with Crippen LogP contribution in [-0.4, -0.2) is 29.6 Å². The molecule has 1 heterocycles. The maximum absolute atomic E-state index is 6.44. The average Bonchev–Trinajstić information content (AvgIpc) is 2.44. The molecular formula is C14H28N2. The van der Waals surface area contributed by atoms with Gasteiger partial charge in [-0.15, -0.1) is 0 Å². The van der Waals surface area contributed by atoms with Crippen LogP contribution in [0.3, 0.4) is 0 Å². The maximum atomic E-state index is 6.44. The van der Waals surface area contributed by atoms with Crippen molar-refractivity contribution in [2.75, 3.05) is 6.54 Å². The van der Waals surface area contributed by atoms with E-state index in [0.717, 1.165) is 12.0 Å². The van der Waals surface area contributed by atoms with Crippen LogP contribution < -0.4 is 5.73 Å². The minimum atomic E-state index is 0.341. The first-order valence-corrected chi connectivity index (χ1v) is 6.93. The van der Waals surface area contributed by atoms with Gasteiger partial charge in [-0.1, -0.05) is 20.8 Å². The van der Waals surface area contributed by atoms with E-state index >= 15 is 0 Å². The molecule has 0 radical (unpaired) electrons. The summed E-state index contributed by atoms with van der Waals surface area (Å²) in [5.41, 5.74) is 6.78. The average molecular weight is 224 g/mol. The van der Waals surface area contributed by atoms with Gasteiger partial charge in [0.15, 0.2) is 0 Å². The van der Waals surface area contributed by atoms with Crippen molar-refractivity contribution in [3.8, 4) is 0 Å². The lowest BCUT2D eigenvalue weighted by molar-refractivity contribution is 0.0691. The van der Waals surface area contributed by atoms with Crippen LogP contribution in [0.5, 0.6) is 0 Å². The smallest absolute Gasteiger partial charge is 0.0255 e. The Morgan fingerprint density at radius 3 is 2.38 bits per heavy atom. The van der Waals surface area contributed by atoms with Gasteiger partial charge in [-0.05, 0) is 50.5 Å². The van der Waals surface area contributed by atoms with Crippen LogP contribution in [0, 0.1) is 11.3 Å². The fourth-order valence-corrected chi connectivity index (χ4v) is 3.68. The number of nitrogens with zero attached hydrogens (tertiary/aromatic N) is 1. The highest BCUT2D eigenvalue weighted by atomic mass is 15.2. The van der Waals surface area contributed by atoms with Crippen molar-refractivity contribution in [2.45, 2.75) is 71.5 Å². The molecule has 2 rings (SSSR count). The lowest BCUT2D eigenvalue weighted by Crippen LogP contribution is -2.54. The van der Waals surface area contributed by atoms with E-state index in [4.69, 9.17) is 5.73 Å². The zero-order valence-corrected chi connectivity index (χ0v) is 11.4. The normalized spacial score (nSPS) is 44.8. The molecule has 94 valence electrons. The van der Waals surface area contributed by atoms with Gasteiger partial charge in [0.2, 0.25) is 0 Å². The molecule has 4 atom stereocenters. The Morgan fingerprint density at radius 1 is 1.19 bits per heavy atom. The summed E-state index contributed by atoms with van der Waals surface area (Å²) >= 11 is 0. The highest BCUT2D eigenvalue weighted by Gasteiger charge is 2.43. The van der Waals surface area contributed by atoms with E-state index in [1.165, 1.54) is 32.2 Å². The fourth-order valence-electron chi connectivity index (χ4n) is 3.68. The quantitative estimate of drug-likeness (QED) is 0.742. The van der Waals surface area contributed by atoms with Gasteiger partial charge in [0.1, 0.15) is 0 Å². The van der Waals surface area contributed by atoms with E-state index in [1.807, 2.05) is 0 Å². The standard InChI is InChI=1S/C14H28N2/c1-10-6-8-16(11(2)9-10)12-5-7-14(3,4)13(12)15/h10-13H,5-9,15H2,1-4H3. The molecule has 0 aromatic rings. The summed E-state index contributed by atoms with van der Waals surface area (Å²) in [6.07, 6.45) is 5.29. The summed E-state index contributed by atoms with van der Waals surface area (Å²) in [4.78, 5) is 2.69. The highest BCUT2D eigenvalue weighted by Crippen LogP contribution is 2.40. The maximum Gasteiger partial charge on any atom is 0.0255 e. The van der Waals surface area contributed by atoms with Gasteiger partial charge in [0.25, 0.3) is 0 Å². The molecule has 1 aliphatic heterocycles. The predicted molar refractivity (Wildman–Crippen MR) is 69.3 cm³/mol. The third-order valence-corrected chi connectivity index (χ3v) is 5.02. The van der Waals surface area contributed by atoms with E-state index in [1.54, 1.807) is 0 Å². The van der Waals surface area contributed by atoms with E-state index in [9.17, 15) is 0 Å². The second kappa shape index (κ2) is 4.30. The zero-order valence-electron chi connectivity index (χ0n) is 11.4. The molecule has 1 saturated carbocycles. The number of hydrogen-bond donors (Lipinski definition) is 1. The lowest BCUT2D eigenvalue weighted by Gasteiger charge is -2.43. The molecule has 0 aromatic heterocycles. The first-order chi connectivity index (χ1) is 7.42. The largest absolute Gasteiger partial charge is 0.326 e. The second-order valence-corrected chi connectivity index (χ2v) is 6.84. The zero-order chi connectivity index (χ0) is 11.9. The molecule has 4 unspecified atom stereocenters. The van der Waals surface area contributed by atoms with Crippen LogP contribution in [0.15, 0.2) is 0 Å². The second-order valence-electron chi connectivity index (χ2n) is 6.84. The Hall–Kier alpha value is -0.0800. The molecule has 2 fully saturated rings. The molecule has 1 aliphatic carbocycles. The predicted octanol–water partition coefficient (Wildman–Crippen LogP) is 2.62. The third-order valence-electron chi connectivity index (χ3n) is 5.02. The molecule has 0 amide bonds. The molecule has 16 heavy (non-hydrogen) atoms. The molecule has 0 bridgehead atoms. The van der Waals surface area contributed by atoms with Crippen molar-refractivity contribution in [1.29, 1.82) is 0 Å². The van der Waals surface area contributed by atoms with E-state index < -0.39 is 0 Å². The molecule has 1 saturated heterocycles. The molecule has 2 heteroatoms. The Labute approximate surface area is 101 Å². The monoisotopic (exact) mass is 224 g/mol. The van der Waals surface area contributed by atoms with Crippen molar-refractivity contribution >= 4 is 0 Å². The molecule has 2 N–H and O–H groups in total. The highest BCUT2D eigenvalue weighted by molar-refractivity contribution is 5.01.